The van der Waals surface area contributed by atoms with Crippen LogP contribution in [0.5, 0.6) is 0 Å². The van der Waals surface area contributed by atoms with E-state index in [2.05, 4.69) is 10.6 Å². The van der Waals surface area contributed by atoms with E-state index in [1.807, 2.05) is 55.5 Å². The second-order valence-electron chi connectivity index (χ2n) is 5.05. The molecule has 4 heteroatoms. The highest BCUT2D eigenvalue weighted by Crippen LogP contribution is 2.04. The summed E-state index contributed by atoms with van der Waals surface area (Å²) in [6.07, 6.45) is 0. The Labute approximate surface area is 125 Å². The van der Waals surface area contributed by atoms with Crippen LogP contribution in [0.2, 0.25) is 0 Å². The number of nitrogens with one attached hydrogen (secondary N) is 2. The second kappa shape index (κ2) is 7.45. The van der Waals surface area contributed by atoms with Crippen LogP contribution in [-0.4, -0.2) is 6.03 Å². The summed E-state index contributed by atoms with van der Waals surface area (Å²) in [5.41, 5.74) is 10.0. The molecule has 21 heavy (non-hydrogen) atoms. The Bertz CT molecular complexity index is 593. The summed E-state index contributed by atoms with van der Waals surface area (Å²) in [5, 5.41) is 5.68. The number of rotatable bonds is 5. The van der Waals surface area contributed by atoms with Gasteiger partial charge in [-0.05, 0) is 23.6 Å². The number of carbonyl (C=O) groups is 1. The minimum absolute atomic E-state index is 0.172. The van der Waals surface area contributed by atoms with E-state index >= 15 is 0 Å². The first kappa shape index (κ1) is 15.1. The van der Waals surface area contributed by atoms with Crippen LogP contribution in [-0.2, 0) is 19.6 Å². The quantitative estimate of drug-likeness (QED) is 0.789. The summed E-state index contributed by atoms with van der Waals surface area (Å²) in [5.74, 6) is 0. The van der Waals surface area contributed by atoms with Crippen LogP contribution < -0.4 is 16.4 Å². The van der Waals surface area contributed by atoms with Gasteiger partial charge in [0.2, 0.25) is 0 Å². The van der Waals surface area contributed by atoms with Gasteiger partial charge in [-0.1, -0.05) is 54.1 Å². The zero-order valence-corrected chi connectivity index (χ0v) is 12.2. The molecule has 0 unspecified atom stereocenters. The molecular formula is C17H21N3O. The van der Waals surface area contributed by atoms with Crippen molar-refractivity contribution >= 4 is 6.03 Å². The van der Waals surface area contributed by atoms with Crippen LogP contribution in [0.3, 0.4) is 0 Å². The average molecular weight is 283 g/mol. The lowest BCUT2D eigenvalue weighted by molar-refractivity contribution is 0.240. The second-order valence-corrected chi connectivity index (χ2v) is 5.05. The fourth-order valence-corrected chi connectivity index (χ4v) is 2.00. The lowest BCUT2D eigenvalue weighted by atomic mass is 10.1. The number of urea groups is 1. The van der Waals surface area contributed by atoms with Gasteiger partial charge in [0, 0.05) is 19.6 Å². The van der Waals surface area contributed by atoms with E-state index in [9.17, 15) is 4.79 Å². The Morgan fingerprint density at radius 2 is 1.57 bits per heavy atom. The highest BCUT2D eigenvalue weighted by Gasteiger charge is 2.01. The molecule has 0 bridgehead atoms. The molecule has 0 saturated carbocycles. The number of amides is 2. The molecule has 2 aromatic rings. The molecule has 0 radical (unpaired) electrons. The summed E-state index contributed by atoms with van der Waals surface area (Å²) in [6, 6.07) is 15.8. The van der Waals surface area contributed by atoms with Crippen molar-refractivity contribution in [2.45, 2.75) is 26.6 Å². The molecule has 4 nitrogen and oxygen atoms in total. The number of hydrogen-bond acceptors (Lipinski definition) is 2. The number of hydrogen-bond donors (Lipinski definition) is 3. The Morgan fingerprint density at radius 3 is 2.24 bits per heavy atom. The third kappa shape index (κ3) is 4.93. The maximum atomic E-state index is 11.8. The molecule has 4 N–H and O–H groups in total. The molecule has 0 aliphatic heterocycles. The smallest absolute Gasteiger partial charge is 0.315 e. The molecule has 0 aliphatic rings. The minimum Gasteiger partial charge on any atom is -0.334 e. The summed E-state index contributed by atoms with van der Waals surface area (Å²) < 4.78 is 0. The zero-order valence-electron chi connectivity index (χ0n) is 12.2. The lowest BCUT2D eigenvalue weighted by Crippen LogP contribution is -2.34. The SMILES string of the molecule is Cc1ccc(CNC(=O)NCc2cccc(CN)c2)cc1. The van der Waals surface area contributed by atoms with Gasteiger partial charge in [0.25, 0.3) is 0 Å². The third-order valence-electron chi connectivity index (χ3n) is 3.25. The Kier molecular flexibility index (Phi) is 5.35. The van der Waals surface area contributed by atoms with Crippen molar-refractivity contribution in [3.8, 4) is 0 Å². The van der Waals surface area contributed by atoms with E-state index < -0.39 is 0 Å². The maximum Gasteiger partial charge on any atom is 0.315 e. The van der Waals surface area contributed by atoms with Crippen molar-refractivity contribution in [1.29, 1.82) is 0 Å². The minimum atomic E-state index is -0.172. The normalized spacial score (nSPS) is 10.2. The van der Waals surface area contributed by atoms with E-state index in [4.69, 9.17) is 5.73 Å². The molecule has 110 valence electrons. The van der Waals surface area contributed by atoms with Crippen molar-refractivity contribution in [3.63, 3.8) is 0 Å². The van der Waals surface area contributed by atoms with Gasteiger partial charge in [-0.25, -0.2) is 4.79 Å². The first-order valence-corrected chi connectivity index (χ1v) is 7.02. The molecule has 0 atom stereocenters. The molecule has 2 amide bonds. The molecule has 2 aromatic carbocycles. The topological polar surface area (TPSA) is 67.2 Å². The fraction of sp³-hybridized carbons (Fsp3) is 0.235. The Hall–Kier alpha value is -2.33. The molecule has 2 rings (SSSR count). The molecule has 0 heterocycles. The van der Waals surface area contributed by atoms with Crippen molar-refractivity contribution < 1.29 is 4.79 Å². The van der Waals surface area contributed by atoms with Crippen LogP contribution in [0.1, 0.15) is 22.3 Å². The largest absolute Gasteiger partial charge is 0.334 e. The first-order chi connectivity index (χ1) is 10.2. The monoisotopic (exact) mass is 283 g/mol. The summed E-state index contributed by atoms with van der Waals surface area (Å²) in [7, 11) is 0. The first-order valence-electron chi connectivity index (χ1n) is 7.02. The average Bonchev–Trinajstić information content (AvgIpc) is 2.52. The van der Waals surface area contributed by atoms with Crippen molar-refractivity contribution in [1.82, 2.24) is 10.6 Å². The Balaban J connectivity index is 1.78. The predicted octanol–water partition coefficient (Wildman–Crippen LogP) is 2.45. The highest BCUT2D eigenvalue weighted by molar-refractivity contribution is 5.73. The van der Waals surface area contributed by atoms with Crippen molar-refractivity contribution in [2.75, 3.05) is 0 Å². The number of nitrogens with two attached hydrogens (primary N) is 1. The van der Waals surface area contributed by atoms with Gasteiger partial charge in [-0.15, -0.1) is 0 Å². The number of carbonyl (C=O) groups excluding carboxylic acids is 1. The predicted molar refractivity (Wildman–Crippen MR) is 84.6 cm³/mol. The van der Waals surface area contributed by atoms with Crippen LogP contribution in [0.15, 0.2) is 48.5 Å². The van der Waals surface area contributed by atoms with E-state index in [1.165, 1.54) is 5.56 Å². The summed E-state index contributed by atoms with van der Waals surface area (Å²) in [4.78, 5) is 11.8. The zero-order chi connectivity index (χ0) is 15.1. The summed E-state index contributed by atoms with van der Waals surface area (Å²) in [6.45, 7) is 3.56. The van der Waals surface area contributed by atoms with E-state index in [0.29, 0.717) is 19.6 Å². The van der Waals surface area contributed by atoms with Gasteiger partial charge < -0.3 is 16.4 Å². The van der Waals surface area contributed by atoms with E-state index in [1.54, 1.807) is 0 Å². The summed E-state index contributed by atoms with van der Waals surface area (Å²) >= 11 is 0. The van der Waals surface area contributed by atoms with E-state index in [-0.39, 0.29) is 6.03 Å². The van der Waals surface area contributed by atoms with Gasteiger partial charge in [-0.2, -0.15) is 0 Å². The van der Waals surface area contributed by atoms with Gasteiger partial charge in [-0.3, -0.25) is 0 Å². The third-order valence-corrected chi connectivity index (χ3v) is 3.25. The van der Waals surface area contributed by atoms with E-state index in [0.717, 1.165) is 16.7 Å². The molecule has 0 fully saturated rings. The lowest BCUT2D eigenvalue weighted by Gasteiger charge is -2.09. The highest BCUT2D eigenvalue weighted by atomic mass is 16.2. The fourth-order valence-electron chi connectivity index (χ4n) is 2.00. The van der Waals surface area contributed by atoms with Gasteiger partial charge in [0.15, 0.2) is 0 Å². The molecule has 0 aliphatic carbocycles. The number of benzene rings is 2. The molecule has 0 aromatic heterocycles. The molecule has 0 saturated heterocycles. The Morgan fingerprint density at radius 1 is 0.952 bits per heavy atom. The van der Waals surface area contributed by atoms with Crippen molar-refractivity contribution in [2.24, 2.45) is 5.73 Å². The van der Waals surface area contributed by atoms with Crippen LogP contribution in [0.4, 0.5) is 4.79 Å². The number of aryl methyl sites for hydroxylation is 1. The molecule has 0 spiro atoms. The van der Waals surface area contributed by atoms with Gasteiger partial charge in [0.1, 0.15) is 0 Å². The maximum absolute atomic E-state index is 11.8. The standard InChI is InChI=1S/C17H21N3O/c1-13-5-7-14(8-6-13)11-19-17(21)20-12-16-4-2-3-15(9-16)10-18/h2-9H,10-12,18H2,1H3,(H2,19,20,21). The van der Waals surface area contributed by atoms with Gasteiger partial charge >= 0.3 is 6.03 Å². The van der Waals surface area contributed by atoms with Crippen LogP contribution >= 0.6 is 0 Å². The van der Waals surface area contributed by atoms with Gasteiger partial charge in [0.05, 0.1) is 0 Å². The van der Waals surface area contributed by atoms with Crippen molar-refractivity contribution in [3.05, 3.63) is 70.8 Å². The van der Waals surface area contributed by atoms with Crippen LogP contribution in [0.25, 0.3) is 0 Å². The van der Waals surface area contributed by atoms with Crippen LogP contribution in [0, 0.1) is 6.92 Å². The molecular weight excluding hydrogens is 262 g/mol.